The maximum Gasteiger partial charge on any atom is 0.430 e. The van der Waals surface area contributed by atoms with Crippen molar-refractivity contribution in [1.29, 1.82) is 0 Å². The Morgan fingerprint density at radius 2 is 1.86 bits per heavy atom. The van der Waals surface area contributed by atoms with Gasteiger partial charge >= 0.3 is 6.18 Å². The second-order valence-electron chi connectivity index (χ2n) is 6.14. The lowest BCUT2D eigenvalue weighted by atomic mass is 9.91. The molecule has 2 amide bonds. The molecular formula is C18H12F5N3O3. The van der Waals surface area contributed by atoms with Crippen LogP contribution in [0.25, 0.3) is 0 Å². The van der Waals surface area contributed by atoms with E-state index in [1.165, 1.54) is 12.2 Å². The van der Waals surface area contributed by atoms with Crippen molar-refractivity contribution in [3.05, 3.63) is 59.7 Å². The average Bonchev–Trinajstić information content (AvgIpc) is 2.66. The molecule has 0 aromatic heterocycles. The molecule has 6 nitrogen and oxygen atoms in total. The molecule has 29 heavy (non-hydrogen) atoms. The van der Waals surface area contributed by atoms with Crippen molar-refractivity contribution in [2.75, 3.05) is 6.54 Å². The molecule has 1 aliphatic carbocycles. The first-order valence-electron chi connectivity index (χ1n) is 8.12. The maximum absolute atomic E-state index is 13.5. The summed E-state index contributed by atoms with van der Waals surface area (Å²) in [6.45, 7) is -0.708. The summed E-state index contributed by atoms with van der Waals surface area (Å²) in [5.74, 6) is -6.69. The number of allylic oxidation sites excluding steroid dienone is 3. The highest BCUT2D eigenvalue weighted by molar-refractivity contribution is 6.21. The second kappa shape index (κ2) is 7.32. The van der Waals surface area contributed by atoms with Gasteiger partial charge in [-0.2, -0.15) is 18.2 Å². The molecule has 2 aliphatic rings. The van der Waals surface area contributed by atoms with Gasteiger partial charge in [-0.15, -0.1) is 0 Å². The number of benzene rings is 1. The van der Waals surface area contributed by atoms with Gasteiger partial charge in [-0.25, -0.2) is 13.8 Å². The molecule has 0 saturated heterocycles. The summed E-state index contributed by atoms with van der Waals surface area (Å²) in [6, 6.07) is 0.874. The van der Waals surface area contributed by atoms with Crippen molar-refractivity contribution < 1.29 is 36.6 Å². The third-order valence-corrected chi connectivity index (χ3v) is 4.25. The van der Waals surface area contributed by atoms with Crippen LogP contribution in [0.2, 0.25) is 0 Å². The number of halogens is 5. The van der Waals surface area contributed by atoms with Gasteiger partial charge in [0.1, 0.15) is 5.92 Å². The average molecular weight is 413 g/mol. The number of amides is 2. The molecule has 2 N–H and O–H groups in total. The number of carbonyl (C=O) groups excluding carboxylic acids is 2. The molecule has 0 radical (unpaired) electrons. The van der Waals surface area contributed by atoms with Crippen LogP contribution in [0.3, 0.4) is 0 Å². The summed E-state index contributed by atoms with van der Waals surface area (Å²) in [7, 11) is 0. The summed E-state index contributed by atoms with van der Waals surface area (Å²) in [5.41, 5.74) is -5.08. The molecule has 0 saturated carbocycles. The number of nitrogens with one attached hydrogen (secondary N) is 1. The number of fused-ring (bicyclic) bond motifs is 1. The van der Waals surface area contributed by atoms with Gasteiger partial charge in [0.2, 0.25) is 0 Å². The quantitative estimate of drug-likeness (QED) is 0.740. The van der Waals surface area contributed by atoms with Gasteiger partial charge in [0, 0.05) is 5.56 Å². The Morgan fingerprint density at radius 1 is 1.14 bits per heavy atom. The largest absolute Gasteiger partial charge is 0.430 e. The first-order chi connectivity index (χ1) is 13.5. The molecule has 0 spiro atoms. The van der Waals surface area contributed by atoms with Crippen LogP contribution in [-0.2, 0) is 15.2 Å². The van der Waals surface area contributed by atoms with Crippen LogP contribution in [-0.4, -0.2) is 41.2 Å². The molecule has 1 aromatic carbocycles. The van der Waals surface area contributed by atoms with E-state index in [1.54, 1.807) is 17.5 Å². The minimum atomic E-state index is -5.56. The standard InChI is InChI=1S/C18H12F5N3O3/c19-11-6-5-9(7-12(11)20)17(29,18(21,22)23)16(28)24-8-14-25-13-4-2-1-3-10(13)15(27)26-14/h1-7,10,29H,8H2,(H,24,28). The summed E-state index contributed by atoms with van der Waals surface area (Å²) in [5, 5.41) is 11.9. The van der Waals surface area contributed by atoms with Crippen molar-refractivity contribution in [1.82, 2.24) is 5.32 Å². The number of amidine groups is 1. The van der Waals surface area contributed by atoms with E-state index in [1.807, 2.05) is 0 Å². The number of nitrogens with zero attached hydrogens (tertiary/aromatic N) is 2. The first-order valence-corrected chi connectivity index (χ1v) is 8.12. The summed E-state index contributed by atoms with van der Waals surface area (Å²) >= 11 is 0. The number of aliphatic imine (C=N–C) groups is 2. The molecule has 11 heteroatoms. The smallest absolute Gasteiger partial charge is 0.369 e. The van der Waals surface area contributed by atoms with Gasteiger partial charge in [-0.3, -0.25) is 9.59 Å². The Labute approximate surface area is 160 Å². The van der Waals surface area contributed by atoms with Gasteiger partial charge in [-0.05, 0) is 18.2 Å². The first kappa shape index (κ1) is 20.5. The Hall–Kier alpha value is -3.21. The van der Waals surface area contributed by atoms with Crippen LogP contribution in [0.4, 0.5) is 22.0 Å². The van der Waals surface area contributed by atoms with Gasteiger partial charge < -0.3 is 10.4 Å². The molecule has 1 aromatic rings. The Kier molecular flexibility index (Phi) is 5.18. The van der Waals surface area contributed by atoms with Crippen LogP contribution in [0, 0.1) is 17.6 Å². The van der Waals surface area contributed by atoms with Crippen LogP contribution in [0.1, 0.15) is 5.56 Å². The highest BCUT2D eigenvalue weighted by atomic mass is 19.4. The minimum Gasteiger partial charge on any atom is -0.369 e. The molecule has 0 fully saturated rings. The highest BCUT2D eigenvalue weighted by Crippen LogP contribution is 2.39. The topological polar surface area (TPSA) is 91.1 Å². The maximum atomic E-state index is 13.5. The SMILES string of the molecule is O=C1N=C(CNC(=O)C(O)(c2ccc(F)c(F)c2)C(F)(F)F)N=C2C=CC=CC12. The van der Waals surface area contributed by atoms with Crippen LogP contribution < -0.4 is 5.32 Å². The molecular weight excluding hydrogens is 401 g/mol. The van der Waals surface area contributed by atoms with Crippen LogP contribution in [0.5, 0.6) is 0 Å². The predicted molar refractivity (Wildman–Crippen MR) is 91.0 cm³/mol. The Balaban J connectivity index is 1.84. The van der Waals surface area contributed by atoms with Gasteiger partial charge in [0.15, 0.2) is 17.5 Å². The van der Waals surface area contributed by atoms with Gasteiger partial charge in [-0.1, -0.05) is 24.3 Å². The molecule has 1 heterocycles. The monoisotopic (exact) mass is 413 g/mol. The third-order valence-electron chi connectivity index (χ3n) is 4.25. The van der Waals surface area contributed by atoms with E-state index in [-0.39, 0.29) is 11.9 Å². The number of hydrogen-bond acceptors (Lipinski definition) is 4. The number of alkyl halides is 3. The van der Waals surface area contributed by atoms with Gasteiger partial charge in [0.25, 0.3) is 17.4 Å². The highest BCUT2D eigenvalue weighted by Gasteiger charge is 2.61. The van der Waals surface area contributed by atoms with Crippen LogP contribution >= 0.6 is 0 Å². The van der Waals surface area contributed by atoms with Gasteiger partial charge in [0.05, 0.1) is 12.3 Å². The summed E-state index contributed by atoms with van der Waals surface area (Å²) in [6.07, 6.45) is 0.683. The number of aliphatic hydroxyl groups is 1. The van der Waals surface area contributed by atoms with E-state index in [9.17, 15) is 36.6 Å². The predicted octanol–water partition coefficient (Wildman–Crippen LogP) is 1.95. The molecule has 152 valence electrons. The molecule has 2 unspecified atom stereocenters. The van der Waals surface area contributed by atoms with E-state index in [2.05, 4.69) is 9.98 Å². The zero-order chi connectivity index (χ0) is 21.4. The number of hydrogen-bond donors (Lipinski definition) is 2. The lowest BCUT2D eigenvalue weighted by molar-refractivity contribution is -0.256. The zero-order valence-electron chi connectivity index (χ0n) is 14.4. The van der Waals surface area contributed by atoms with E-state index in [0.29, 0.717) is 17.8 Å². The van der Waals surface area contributed by atoms with E-state index >= 15 is 0 Å². The Bertz CT molecular complexity index is 997. The second-order valence-corrected chi connectivity index (χ2v) is 6.14. The van der Waals surface area contributed by atoms with Crippen molar-refractivity contribution in [3.63, 3.8) is 0 Å². The number of carbonyl (C=O) groups is 2. The third kappa shape index (κ3) is 3.73. The van der Waals surface area contributed by atoms with Crippen molar-refractivity contribution in [2.24, 2.45) is 15.9 Å². The van der Waals surface area contributed by atoms with Crippen molar-refractivity contribution >= 4 is 23.4 Å². The van der Waals surface area contributed by atoms with E-state index in [0.717, 1.165) is 0 Å². The van der Waals surface area contributed by atoms with E-state index in [4.69, 9.17) is 0 Å². The normalized spacial score (nSPS) is 20.5. The summed E-state index contributed by atoms with van der Waals surface area (Å²) < 4.78 is 66.8. The lowest BCUT2D eigenvalue weighted by Gasteiger charge is -2.29. The molecule has 3 rings (SSSR count). The fraction of sp³-hybridized carbons (Fsp3) is 0.222. The molecule has 2 atom stereocenters. The minimum absolute atomic E-state index is 0.0774. The van der Waals surface area contributed by atoms with Crippen molar-refractivity contribution in [2.45, 2.75) is 11.8 Å². The van der Waals surface area contributed by atoms with Crippen LogP contribution in [0.15, 0.2) is 52.5 Å². The fourth-order valence-electron chi connectivity index (χ4n) is 2.73. The summed E-state index contributed by atoms with van der Waals surface area (Å²) in [4.78, 5) is 31.8. The van der Waals surface area contributed by atoms with Crippen molar-refractivity contribution in [3.8, 4) is 0 Å². The fourth-order valence-corrected chi connectivity index (χ4v) is 2.73. The lowest BCUT2D eigenvalue weighted by Crippen LogP contribution is -2.55. The Morgan fingerprint density at radius 3 is 2.52 bits per heavy atom. The zero-order valence-corrected chi connectivity index (χ0v) is 14.4. The van der Waals surface area contributed by atoms with E-state index < -0.39 is 53.3 Å². The number of rotatable bonds is 4. The molecule has 0 bridgehead atoms. The molecule has 1 aliphatic heterocycles.